The van der Waals surface area contributed by atoms with Crippen LogP contribution in [0.3, 0.4) is 0 Å². The molecule has 0 atom stereocenters. The van der Waals surface area contributed by atoms with Crippen molar-refractivity contribution < 1.29 is 17.6 Å². The number of sulfonamides is 1. The molecule has 26 heavy (non-hydrogen) atoms. The average molecular weight is 389 g/mol. The minimum Gasteiger partial charge on any atom is -0.411 e. The lowest BCUT2D eigenvalue weighted by Crippen LogP contribution is -2.30. The van der Waals surface area contributed by atoms with E-state index in [2.05, 4.69) is 10.2 Å². The molecular formula is C17H15N3O4S2. The second-order valence-corrected chi connectivity index (χ2v) is 8.03. The molecule has 1 aromatic heterocycles. The fraction of sp³-hybridized carbons (Fsp3) is 0.118. The van der Waals surface area contributed by atoms with Gasteiger partial charge in [0.05, 0.1) is 4.90 Å². The zero-order chi connectivity index (χ0) is 18.6. The quantitative estimate of drug-likeness (QED) is 0.647. The zero-order valence-corrected chi connectivity index (χ0v) is 15.4. The van der Waals surface area contributed by atoms with Crippen molar-refractivity contribution in [2.45, 2.75) is 17.0 Å². The molecule has 7 nitrogen and oxygen atoms in total. The van der Waals surface area contributed by atoms with Crippen LogP contribution in [0.15, 0.2) is 69.1 Å². The summed E-state index contributed by atoms with van der Waals surface area (Å²) in [6.07, 6.45) is 0. The molecule has 0 fully saturated rings. The highest BCUT2D eigenvalue weighted by Crippen LogP contribution is 2.24. The first kappa shape index (κ1) is 18.2. The molecule has 3 rings (SSSR count). The summed E-state index contributed by atoms with van der Waals surface area (Å²) >= 11 is 1.42. The summed E-state index contributed by atoms with van der Waals surface area (Å²) in [7, 11) is -3.98. The van der Waals surface area contributed by atoms with E-state index in [0.29, 0.717) is 16.7 Å². The lowest BCUT2D eigenvalue weighted by atomic mass is 10.2. The van der Waals surface area contributed by atoms with Crippen LogP contribution in [0, 0.1) is 0 Å². The maximum absolute atomic E-state index is 12.4. The van der Waals surface area contributed by atoms with Crippen LogP contribution in [0.2, 0.25) is 0 Å². The Bertz CT molecular complexity index is 1000. The van der Waals surface area contributed by atoms with Gasteiger partial charge in [0.15, 0.2) is 0 Å². The van der Waals surface area contributed by atoms with E-state index >= 15 is 0 Å². The Morgan fingerprint density at radius 1 is 1.08 bits per heavy atom. The number of thioether (sulfide) groups is 1. The molecule has 0 unspecified atom stereocenters. The maximum Gasteiger partial charge on any atom is 0.276 e. The van der Waals surface area contributed by atoms with Gasteiger partial charge in [0, 0.05) is 11.1 Å². The topological polar surface area (TPSA) is 102 Å². The summed E-state index contributed by atoms with van der Waals surface area (Å²) in [6.45, 7) is 1.97. The average Bonchev–Trinajstić information content (AvgIpc) is 3.11. The number of benzene rings is 2. The maximum atomic E-state index is 12.4. The van der Waals surface area contributed by atoms with Gasteiger partial charge in [-0.3, -0.25) is 4.79 Å². The van der Waals surface area contributed by atoms with Gasteiger partial charge in [-0.15, -0.1) is 10.2 Å². The van der Waals surface area contributed by atoms with E-state index in [1.165, 1.54) is 36.0 Å². The number of rotatable bonds is 6. The highest BCUT2D eigenvalue weighted by Gasteiger charge is 2.19. The van der Waals surface area contributed by atoms with Crippen LogP contribution in [0.5, 0.6) is 0 Å². The van der Waals surface area contributed by atoms with Crippen molar-refractivity contribution in [3.8, 4) is 11.5 Å². The van der Waals surface area contributed by atoms with E-state index in [-0.39, 0.29) is 10.5 Å². The molecule has 0 aliphatic heterocycles. The molecular weight excluding hydrogens is 374 g/mol. The van der Waals surface area contributed by atoms with Crippen molar-refractivity contribution in [2.24, 2.45) is 0 Å². The minimum absolute atomic E-state index is 0.0341. The first-order valence-corrected chi connectivity index (χ1v) is 10.2. The monoisotopic (exact) mass is 389 g/mol. The molecule has 0 radical (unpaired) electrons. The van der Waals surface area contributed by atoms with E-state index in [9.17, 15) is 13.2 Å². The van der Waals surface area contributed by atoms with Crippen LogP contribution in [0.4, 0.5) is 0 Å². The number of amides is 1. The molecule has 0 aliphatic rings. The molecule has 0 spiro atoms. The van der Waals surface area contributed by atoms with Gasteiger partial charge in [-0.1, -0.05) is 36.9 Å². The molecule has 2 aromatic carbocycles. The van der Waals surface area contributed by atoms with Crippen molar-refractivity contribution in [2.75, 3.05) is 5.75 Å². The molecule has 0 aliphatic carbocycles. The summed E-state index contributed by atoms with van der Waals surface area (Å²) in [6, 6.07) is 14.0. The smallest absolute Gasteiger partial charge is 0.276 e. The molecule has 0 saturated heterocycles. The van der Waals surface area contributed by atoms with Crippen LogP contribution < -0.4 is 4.72 Å². The SMILES string of the molecule is CCSc1nnc(-c2ccc(S(=O)(=O)NC(=O)c3ccccc3)cc2)o1. The van der Waals surface area contributed by atoms with Crippen LogP contribution in [-0.4, -0.2) is 30.3 Å². The fourth-order valence-corrected chi connectivity index (χ4v) is 3.57. The van der Waals surface area contributed by atoms with E-state index < -0.39 is 15.9 Å². The summed E-state index contributed by atoms with van der Waals surface area (Å²) in [5, 5.41) is 8.28. The summed E-state index contributed by atoms with van der Waals surface area (Å²) < 4.78 is 32.3. The molecule has 3 aromatic rings. The number of aromatic nitrogens is 2. The predicted octanol–water partition coefficient (Wildman–Crippen LogP) is 2.97. The second-order valence-electron chi connectivity index (χ2n) is 5.13. The molecule has 1 amide bonds. The lowest BCUT2D eigenvalue weighted by molar-refractivity contribution is 0.0981. The third kappa shape index (κ3) is 4.12. The highest BCUT2D eigenvalue weighted by atomic mass is 32.2. The lowest BCUT2D eigenvalue weighted by Gasteiger charge is -2.07. The Morgan fingerprint density at radius 3 is 2.42 bits per heavy atom. The van der Waals surface area contributed by atoms with Gasteiger partial charge in [0.1, 0.15) is 0 Å². The number of nitrogens with one attached hydrogen (secondary N) is 1. The Hall–Kier alpha value is -2.65. The number of hydrogen-bond acceptors (Lipinski definition) is 7. The van der Waals surface area contributed by atoms with E-state index in [0.717, 1.165) is 5.75 Å². The molecule has 1 N–H and O–H groups in total. The van der Waals surface area contributed by atoms with Gasteiger partial charge < -0.3 is 4.42 Å². The van der Waals surface area contributed by atoms with Crippen LogP contribution in [0.25, 0.3) is 11.5 Å². The Kier molecular flexibility index (Phi) is 5.38. The second kappa shape index (κ2) is 7.71. The third-order valence-corrected chi connectivity index (χ3v) is 5.40. The standard InChI is InChI=1S/C17H15N3O4S2/c1-2-25-17-19-18-16(24-17)13-8-10-14(11-9-13)26(22,23)20-15(21)12-6-4-3-5-7-12/h3-11H,2H2,1H3,(H,20,21). The van der Waals surface area contributed by atoms with Crippen molar-refractivity contribution in [3.63, 3.8) is 0 Å². The van der Waals surface area contributed by atoms with Crippen molar-refractivity contribution in [1.29, 1.82) is 0 Å². The van der Waals surface area contributed by atoms with Crippen molar-refractivity contribution in [3.05, 3.63) is 60.2 Å². The highest BCUT2D eigenvalue weighted by molar-refractivity contribution is 7.99. The Balaban J connectivity index is 1.77. The van der Waals surface area contributed by atoms with Gasteiger partial charge in [0.2, 0.25) is 5.89 Å². The molecule has 0 saturated carbocycles. The van der Waals surface area contributed by atoms with Crippen molar-refractivity contribution >= 4 is 27.7 Å². The normalized spacial score (nSPS) is 11.3. The van der Waals surface area contributed by atoms with Crippen LogP contribution in [-0.2, 0) is 10.0 Å². The summed E-state index contributed by atoms with van der Waals surface area (Å²) in [5.41, 5.74) is 0.855. The van der Waals surface area contributed by atoms with Gasteiger partial charge in [-0.05, 0) is 42.2 Å². The first-order valence-electron chi connectivity index (χ1n) is 7.68. The van der Waals surface area contributed by atoms with Crippen LogP contribution in [0.1, 0.15) is 17.3 Å². The Morgan fingerprint density at radius 2 is 1.77 bits per heavy atom. The number of hydrogen-bond donors (Lipinski definition) is 1. The van der Waals surface area contributed by atoms with E-state index in [1.807, 2.05) is 11.6 Å². The molecule has 1 heterocycles. The largest absolute Gasteiger partial charge is 0.411 e. The number of carbonyl (C=O) groups is 1. The van der Waals surface area contributed by atoms with E-state index in [1.54, 1.807) is 30.3 Å². The first-order chi connectivity index (χ1) is 12.5. The zero-order valence-electron chi connectivity index (χ0n) is 13.7. The predicted molar refractivity (Wildman–Crippen MR) is 97.2 cm³/mol. The summed E-state index contributed by atoms with van der Waals surface area (Å²) in [5.74, 6) is 0.422. The van der Waals surface area contributed by atoms with Crippen LogP contribution >= 0.6 is 11.8 Å². The third-order valence-electron chi connectivity index (χ3n) is 3.35. The molecule has 0 bridgehead atoms. The minimum atomic E-state index is -3.98. The number of nitrogens with zero attached hydrogens (tertiary/aromatic N) is 2. The summed E-state index contributed by atoms with van der Waals surface area (Å²) in [4.78, 5) is 12.0. The number of carbonyl (C=O) groups excluding carboxylic acids is 1. The van der Waals surface area contributed by atoms with Gasteiger partial charge in [-0.2, -0.15) is 0 Å². The van der Waals surface area contributed by atoms with Gasteiger partial charge >= 0.3 is 0 Å². The fourth-order valence-electron chi connectivity index (χ4n) is 2.11. The Labute approximate surface area is 154 Å². The van der Waals surface area contributed by atoms with E-state index in [4.69, 9.17) is 4.42 Å². The van der Waals surface area contributed by atoms with Gasteiger partial charge in [-0.25, -0.2) is 13.1 Å². The molecule has 9 heteroatoms. The van der Waals surface area contributed by atoms with Crippen molar-refractivity contribution in [1.82, 2.24) is 14.9 Å². The van der Waals surface area contributed by atoms with Gasteiger partial charge in [0.25, 0.3) is 21.2 Å². The molecule has 134 valence electrons.